The van der Waals surface area contributed by atoms with Crippen LogP contribution in [0.4, 0.5) is 0 Å². The molecule has 0 saturated carbocycles. The Morgan fingerprint density at radius 1 is 0.929 bits per heavy atom. The second kappa shape index (κ2) is 9.50. The molecular formula is C20H24N2O6. The summed E-state index contributed by atoms with van der Waals surface area (Å²) in [5.41, 5.74) is 6.32. The Bertz CT molecular complexity index is 853. The third-order valence-corrected chi connectivity index (χ3v) is 4.05. The van der Waals surface area contributed by atoms with Crippen LogP contribution in [-0.2, 0) is 4.79 Å². The Hall–Kier alpha value is -3.42. The molecule has 3 N–H and O–H groups in total. The molecule has 0 aliphatic rings. The van der Waals surface area contributed by atoms with Gasteiger partial charge in [-0.05, 0) is 42.8 Å². The molecule has 1 unspecified atom stereocenters. The first-order valence-electron chi connectivity index (χ1n) is 8.51. The van der Waals surface area contributed by atoms with E-state index in [1.165, 1.54) is 13.2 Å². The number of carbonyl (C=O) groups is 2. The number of carbonyl (C=O) groups excluding carboxylic acids is 2. The van der Waals surface area contributed by atoms with Gasteiger partial charge in [0.1, 0.15) is 0 Å². The number of methoxy groups -OCH3 is 3. The molecule has 1 atom stereocenters. The number of hydrogen-bond donors (Lipinski definition) is 2. The van der Waals surface area contributed by atoms with Crippen LogP contribution in [0.2, 0.25) is 0 Å². The Morgan fingerprint density at radius 2 is 1.54 bits per heavy atom. The standard InChI is InChI=1S/C20H24N2O6/c1-12(13-5-7-15(25-2)17(9-13)26-3)22-20(24)14-6-8-16(18(10-14)27-4)28-11-19(21)23/h5-10,12H,11H2,1-4H3,(H2,21,23)(H,22,24). The maximum Gasteiger partial charge on any atom is 0.255 e. The summed E-state index contributed by atoms with van der Waals surface area (Å²) in [5.74, 6) is 0.952. The molecule has 150 valence electrons. The lowest BCUT2D eigenvalue weighted by Gasteiger charge is -2.17. The predicted octanol–water partition coefficient (Wildman–Crippen LogP) is 2.07. The normalized spacial score (nSPS) is 11.3. The fourth-order valence-corrected chi connectivity index (χ4v) is 2.56. The molecule has 0 heterocycles. The molecule has 8 heteroatoms. The minimum Gasteiger partial charge on any atom is -0.493 e. The maximum absolute atomic E-state index is 12.6. The van der Waals surface area contributed by atoms with Crippen molar-refractivity contribution in [1.29, 1.82) is 0 Å². The van der Waals surface area contributed by atoms with Crippen LogP contribution in [0.15, 0.2) is 36.4 Å². The molecule has 0 bridgehead atoms. The van der Waals surface area contributed by atoms with Crippen molar-refractivity contribution < 1.29 is 28.5 Å². The third kappa shape index (κ3) is 5.06. The summed E-state index contributed by atoms with van der Waals surface area (Å²) in [7, 11) is 4.56. The summed E-state index contributed by atoms with van der Waals surface area (Å²) in [6.07, 6.45) is 0. The van der Waals surface area contributed by atoms with Crippen molar-refractivity contribution in [2.45, 2.75) is 13.0 Å². The van der Waals surface area contributed by atoms with Gasteiger partial charge in [0.15, 0.2) is 29.6 Å². The summed E-state index contributed by atoms with van der Waals surface area (Å²) >= 11 is 0. The van der Waals surface area contributed by atoms with E-state index >= 15 is 0 Å². The fourth-order valence-electron chi connectivity index (χ4n) is 2.56. The molecule has 2 rings (SSSR count). The highest BCUT2D eigenvalue weighted by Gasteiger charge is 2.16. The molecule has 0 saturated heterocycles. The van der Waals surface area contributed by atoms with Crippen molar-refractivity contribution >= 4 is 11.8 Å². The van der Waals surface area contributed by atoms with Crippen molar-refractivity contribution in [2.75, 3.05) is 27.9 Å². The van der Waals surface area contributed by atoms with E-state index in [4.69, 9.17) is 24.7 Å². The van der Waals surface area contributed by atoms with Crippen molar-refractivity contribution in [3.05, 3.63) is 47.5 Å². The predicted molar refractivity (Wildman–Crippen MR) is 103 cm³/mol. The summed E-state index contributed by atoms with van der Waals surface area (Å²) < 4.78 is 21.0. The van der Waals surface area contributed by atoms with E-state index in [1.807, 2.05) is 19.1 Å². The highest BCUT2D eigenvalue weighted by atomic mass is 16.5. The third-order valence-electron chi connectivity index (χ3n) is 4.05. The molecule has 0 fully saturated rings. The van der Waals surface area contributed by atoms with Crippen LogP contribution >= 0.6 is 0 Å². The quantitative estimate of drug-likeness (QED) is 0.681. The van der Waals surface area contributed by atoms with Gasteiger partial charge in [-0.15, -0.1) is 0 Å². The number of benzene rings is 2. The molecular weight excluding hydrogens is 364 g/mol. The van der Waals surface area contributed by atoms with Crippen LogP contribution in [0.25, 0.3) is 0 Å². The number of nitrogens with two attached hydrogens (primary N) is 1. The van der Waals surface area contributed by atoms with Crippen molar-refractivity contribution in [3.63, 3.8) is 0 Å². The highest BCUT2D eigenvalue weighted by Crippen LogP contribution is 2.31. The van der Waals surface area contributed by atoms with E-state index in [9.17, 15) is 9.59 Å². The zero-order valence-corrected chi connectivity index (χ0v) is 16.3. The lowest BCUT2D eigenvalue weighted by atomic mass is 10.1. The average Bonchev–Trinajstić information content (AvgIpc) is 2.71. The smallest absolute Gasteiger partial charge is 0.255 e. The molecule has 0 radical (unpaired) electrons. The van der Waals surface area contributed by atoms with Gasteiger partial charge in [-0.1, -0.05) is 6.07 Å². The van der Waals surface area contributed by atoms with E-state index in [0.717, 1.165) is 5.56 Å². The first-order chi connectivity index (χ1) is 13.4. The van der Waals surface area contributed by atoms with Crippen LogP contribution in [0.1, 0.15) is 28.9 Å². The monoisotopic (exact) mass is 388 g/mol. The van der Waals surface area contributed by atoms with Gasteiger partial charge in [0.25, 0.3) is 11.8 Å². The van der Waals surface area contributed by atoms with E-state index in [2.05, 4.69) is 5.32 Å². The molecule has 0 spiro atoms. The van der Waals surface area contributed by atoms with Gasteiger partial charge in [0, 0.05) is 5.56 Å². The van der Waals surface area contributed by atoms with E-state index in [1.54, 1.807) is 32.4 Å². The van der Waals surface area contributed by atoms with Gasteiger partial charge in [0.05, 0.1) is 27.4 Å². The van der Waals surface area contributed by atoms with Gasteiger partial charge in [-0.25, -0.2) is 0 Å². The Labute approximate surface area is 163 Å². The number of amides is 2. The second-order valence-electron chi connectivity index (χ2n) is 5.93. The van der Waals surface area contributed by atoms with Crippen LogP contribution < -0.4 is 30.0 Å². The molecule has 0 aliphatic heterocycles. The summed E-state index contributed by atoms with van der Waals surface area (Å²) in [6.45, 7) is 1.58. The molecule has 2 aromatic rings. The van der Waals surface area contributed by atoms with Crippen LogP contribution in [0.5, 0.6) is 23.0 Å². The average molecular weight is 388 g/mol. The lowest BCUT2D eigenvalue weighted by Crippen LogP contribution is -2.26. The number of hydrogen-bond acceptors (Lipinski definition) is 6. The number of nitrogens with one attached hydrogen (secondary N) is 1. The number of primary amides is 1. The Balaban J connectivity index is 2.14. The SMILES string of the molecule is COc1ccc(C(C)NC(=O)c2ccc(OCC(N)=O)c(OC)c2)cc1OC. The summed E-state index contributed by atoms with van der Waals surface area (Å²) in [4.78, 5) is 23.5. The van der Waals surface area contributed by atoms with Crippen LogP contribution in [0, 0.1) is 0 Å². The topological polar surface area (TPSA) is 109 Å². The molecule has 2 amide bonds. The molecule has 2 aromatic carbocycles. The highest BCUT2D eigenvalue weighted by molar-refractivity contribution is 5.95. The Morgan fingerprint density at radius 3 is 2.14 bits per heavy atom. The molecule has 0 aromatic heterocycles. The Kier molecular flexibility index (Phi) is 7.08. The van der Waals surface area contributed by atoms with Gasteiger partial charge in [-0.2, -0.15) is 0 Å². The van der Waals surface area contributed by atoms with Gasteiger partial charge >= 0.3 is 0 Å². The largest absolute Gasteiger partial charge is 0.493 e. The zero-order chi connectivity index (χ0) is 20.7. The minimum atomic E-state index is -0.604. The summed E-state index contributed by atoms with van der Waals surface area (Å²) in [6, 6.07) is 9.84. The van der Waals surface area contributed by atoms with Gasteiger partial charge < -0.3 is 30.0 Å². The second-order valence-corrected chi connectivity index (χ2v) is 5.93. The van der Waals surface area contributed by atoms with Crippen molar-refractivity contribution in [1.82, 2.24) is 5.32 Å². The first-order valence-corrected chi connectivity index (χ1v) is 8.51. The molecule has 8 nitrogen and oxygen atoms in total. The van der Waals surface area contributed by atoms with Gasteiger partial charge in [-0.3, -0.25) is 9.59 Å². The lowest BCUT2D eigenvalue weighted by molar-refractivity contribution is -0.119. The molecule has 28 heavy (non-hydrogen) atoms. The van der Waals surface area contributed by atoms with Crippen LogP contribution in [-0.4, -0.2) is 39.8 Å². The minimum absolute atomic E-state index is 0.274. The number of ether oxygens (including phenoxy) is 4. The zero-order valence-electron chi connectivity index (χ0n) is 16.3. The maximum atomic E-state index is 12.6. The van der Waals surface area contributed by atoms with E-state index < -0.39 is 5.91 Å². The summed E-state index contributed by atoms with van der Waals surface area (Å²) in [5, 5.41) is 2.92. The first kappa shape index (κ1) is 20.9. The van der Waals surface area contributed by atoms with E-state index in [-0.39, 0.29) is 18.6 Å². The van der Waals surface area contributed by atoms with Crippen LogP contribution in [0.3, 0.4) is 0 Å². The van der Waals surface area contributed by atoms with Crippen molar-refractivity contribution in [3.8, 4) is 23.0 Å². The molecule has 0 aliphatic carbocycles. The van der Waals surface area contributed by atoms with Crippen molar-refractivity contribution in [2.24, 2.45) is 5.73 Å². The number of rotatable bonds is 9. The van der Waals surface area contributed by atoms with Gasteiger partial charge in [0.2, 0.25) is 0 Å². The van der Waals surface area contributed by atoms with E-state index in [0.29, 0.717) is 28.6 Å². The fraction of sp³-hybridized carbons (Fsp3) is 0.300.